The molecule has 0 saturated heterocycles. The van der Waals surface area contributed by atoms with Crippen LogP contribution < -0.4 is 0 Å². The SMILES string of the molecule is CC(C)(Cl)c1ccc(Cl)cn1. The largest absolute Gasteiger partial charge is 0.258 e. The van der Waals surface area contributed by atoms with Gasteiger partial charge in [-0.15, -0.1) is 11.6 Å². The Balaban J connectivity index is 2.99. The molecular weight excluding hydrogens is 181 g/mol. The first-order valence-corrected chi connectivity index (χ1v) is 4.07. The summed E-state index contributed by atoms with van der Waals surface area (Å²) in [5.74, 6) is 0. The van der Waals surface area contributed by atoms with Crippen molar-refractivity contribution in [1.82, 2.24) is 4.98 Å². The lowest BCUT2D eigenvalue weighted by atomic mass is 10.1. The molecule has 0 aromatic carbocycles. The monoisotopic (exact) mass is 189 g/mol. The minimum Gasteiger partial charge on any atom is -0.258 e. The molecule has 3 heteroatoms. The molecule has 0 bridgehead atoms. The maximum atomic E-state index is 6.01. The zero-order chi connectivity index (χ0) is 8.48. The molecule has 1 rings (SSSR count). The molecule has 11 heavy (non-hydrogen) atoms. The molecule has 0 aliphatic rings. The molecule has 0 aliphatic carbocycles. The highest BCUT2D eigenvalue weighted by Gasteiger charge is 2.17. The molecule has 1 aromatic rings. The van der Waals surface area contributed by atoms with Gasteiger partial charge in [0.15, 0.2) is 0 Å². The Hall–Kier alpha value is -0.270. The molecule has 0 atom stereocenters. The van der Waals surface area contributed by atoms with Gasteiger partial charge < -0.3 is 0 Å². The van der Waals surface area contributed by atoms with Crippen LogP contribution in [0.1, 0.15) is 19.5 Å². The Labute approximate surface area is 76.4 Å². The van der Waals surface area contributed by atoms with Crippen LogP contribution in [0.25, 0.3) is 0 Å². The maximum absolute atomic E-state index is 6.01. The van der Waals surface area contributed by atoms with E-state index in [0.29, 0.717) is 5.02 Å². The minimum atomic E-state index is -0.412. The molecule has 0 spiro atoms. The van der Waals surface area contributed by atoms with Gasteiger partial charge in [0.05, 0.1) is 15.6 Å². The third kappa shape index (κ3) is 2.35. The summed E-state index contributed by atoms with van der Waals surface area (Å²) >= 11 is 11.7. The fourth-order valence-corrected chi connectivity index (χ4v) is 0.951. The van der Waals surface area contributed by atoms with Gasteiger partial charge >= 0.3 is 0 Å². The second kappa shape index (κ2) is 3.00. The van der Waals surface area contributed by atoms with E-state index in [9.17, 15) is 0 Å². The van der Waals surface area contributed by atoms with E-state index < -0.39 is 4.87 Å². The van der Waals surface area contributed by atoms with E-state index in [0.717, 1.165) is 5.69 Å². The van der Waals surface area contributed by atoms with Gasteiger partial charge in [-0.2, -0.15) is 0 Å². The van der Waals surface area contributed by atoms with E-state index in [4.69, 9.17) is 23.2 Å². The number of hydrogen-bond acceptors (Lipinski definition) is 1. The van der Waals surface area contributed by atoms with Gasteiger partial charge in [-0.25, -0.2) is 0 Å². The van der Waals surface area contributed by atoms with Crippen LogP contribution in [0, 0.1) is 0 Å². The summed E-state index contributed by atoms with van der Waals surface area (Å²) in [5, 5.41) is 0.634. The van der Waals surface area contributed by atoms with E-state index in [1.54, 1.807) is 12.3 Å². The van der Waals surface area contributed by atoms with Gasteiger partial charge in [-0.05, 0) is 26.0 Å². The van der Waals surface area contributed by atoms with E-state index >= 15 is 0 Å². The van der Waals surface area contributed by atoms with Crippen LogP contribution in [0.5, 0.6) is 0 Å². The lowest BCUT2D eigenvalue weighted by Crippen LogP contribution is -2.09. The molecule has 0 aliphatic heterocycles. The standard InChI is InChI=1S/C8H9Cl2N/c1-8(2,10)7-4-3-6(9)5-11-7/h3-5H,1-2H3. The molecule has 0 fully saturated rings. The highest BCUT2D eigenvalue weighted by atomic mass is 35.5. The summed E-state index contributed by atoms with van der Waals surface area (Å²) in [4.78, 5) is 3.67. The Morgan fingerprint density at radius 2 is 2.00 bits per heavy atom. The van der Waals surface area contributed by atoms with Crippen LogP contribution in [-0.2, 0) is 4.87 Å². The van der Waals surface area contributed by atoms with Crippen molar-refractivity contribution in [1.29, 1.82) is 0 Å². The first-order valence-electron chi connectivity index (χ1n) is 3.31. The fourth-order valence-electron chi connectivity index (χ4n) is 0.727. The van der Waals surface area contributed by atoms with Crippen LogP contribution in [0.15, 0.2) is 18.3 Å². The Kier molecular flexibility index (Phi) is 2.40. The van der Waals surface area contributed by atoms with Gasteiger partial charge in [0, 0.05) is 6.20 Å². The average Bonchev–Trinajstić information content (AvgIpc) is 1.86. The first kappa shape index (κ1) is 8.82. The molecule has 0 unspecified atom stereocenters. The van der Waals surface area contributed by atoms with Crippen molar-refractivity contribution in [2.45, 2.75) is 18.7 Å². The number of alkyl halides is 1. The second-order valence-corrected chi connectivity index (χ2v) is 4.22. The van der Waals surface area contributed by atoms with Crippen molar-refractivity contribution in [2.24, 2.45) is 0 Å². The van der Waals surface area contributed by atoms with Crippen LogP contribution in [0.3, 0.4) is 0 Å². The smallest absolute Gasteiger partial charge is 0.0809 e. The summed E-state index contributed by atoms with van der Waals surface area (Å²) in [7, 11) is 0. The molecule has 0 radical (unpaired) electrons. The predicted octanol–water partition coefficient (Wildman–Crippen LogP) is 3.21. The third-order valence-corrected chi connectivity index (χ3v) is 1.75. The van der Waals surface area contributed by atoms with E-state index in [2.05, 4.69) is 4.98 Å². The van der Waals surface area contributed by atoms with E-state index in [-0.39, 0.29) is 0 Å². The second-order valence-electron chi connectivity index (χ2n) is 2.83. The van der Waals surface area contributed by atoms with E-state index in [1.165, 1.54) is 0 Å². The molecule has 0 amide bonds. The highest BCUT2D eigenvalue weighted by Crippen LogP contribution is 2.25. The first-order chi connectivity index (χ1) is 5.00. The topological polar surface area (TPSA) is 12.9 Å². The van der Waals surface area contributed by atoms with Gasteiger partial charge in [-0.1, -0.05) is 11.6 Å². The van der Waals surface area contributed by atoms with Crippen molar-refractivity contribution in [3.8, 4) is 0 Å². The lowest BCUT2D eigenvalue weighted by molar-refractivity contribution is 0.732. The van der Waals surface area contributed by atoms with E-state index in [1.807, 2.05) is 19.9 Å². The van der Waals surface area contributed by atoms with Crippen molar-refractivity contribution in [3.05, 3.63) is 29.0 Å². The molecule has 1 nitrogen and oxygen atoms in total. The van der Waals surface area contributed by atoms with Gasteiger partial charge in [0.25, 0.3) is 0 Å². The Morgan fingerprint density at radius 3 is 2.36 bits per heavy atom. The van der Waals surface area contributed by atoms with Gasteiger partial charge in [0.1, 0.15) is 0 Å². The summed E-state index contributed by atoms with van der Waals surface area (Å²) < 4.78 is 0. The minimum absolute atomic E-state index is 0.412. The van der Waals surface area contributed by atoms with Crippen LogP contribution in [-0.4, -0.2) is 4.98 Å². The highest BCUT2D eigenvalue weighted by molar-refractivity contribution is 6.30. The molecule has 0 N–H and O–H groups in total. The fraction of sp³-hybridized carbons (Fsp3) is 0.375. The Morgan fingerprint density at radius 1 is 1.36 bits per heavy atom. The van der Waals surface area contributed by atoms with Crippen molar-refractivity contribution in [3.63, 3.8) is 0 Å². The van der Waals surface area contributed by atoms with Gasteiger partial charge in [-0.3, -0.25) is 4.98 Å². The number of halogens is 2. The zero-order valence-electron chi connectivity index (χ0n) is 6.44. The molecule has 1 aromatic heterocycles. The molecule has 1 heterocycles. The molecular formula is C8H9Cl2N. The quantitative estimate of drug-likeness (QED) is 0.619. The summed E-state index contributed by atoms with van der Waals surface area (Å²) in [5.41, 5.74) is 0.837. The van der Waals surface area contributed by atoms with Crippen LogP contribution in [0.2, 0.25) is 5.02 Å². The Bertz CT molecular complexity index is 235. The number of rotatable bonds is 1. The molecule has 60 valence electrons. The number of nitrogens with zero attached hydrogens (tertiary/aromatic N) is 1. The third-order valence-electron chi connectivity index (χ3n) is 1.34. The van der Waals surface area contributed by atoms with Gasteiger partial charge in [0.2, 0.25) is 0 Å². The summed E-state index contributed by atoms with van der Waals surface area (Å²) in [6.07, 6.45) is 1.60. The zero-order valence-corrected chi connectivity index (χ0v) is 7.95. The summed E-state index contributed by atoms with van der Waals surface area (Å²) in [6.45, 7) is 3.79. The molecule has 0 saturated carbocycles. The predicted molar refractivity (Wildman–Crippen MR) is 48.1 cm³/mol. The number of pyridine rings is 1. The lowest BCUT2D eigenvalue weighted by Gasteiger charge is -2.13. The summed E-state index contributed by atoms with van der Waals surface area (Å²) in [6, 6.07) is 3.61. The van der Waals surface area contributed by atoms with Crippen LogP contribution in [0.4, 0.5) is 0 Å². The van der Waals surface area contributed by atoms with Crippen molar-refractivity contribution < 1.29 is 0 Å². The average molecular weight is 190 g/mol. The number of hydrogen-bond donors (Lipinski definition) is 0. The van der Waals surface area contributed by atoms with Crippen LogP contribution >= 0.6 is 23.2 Å². The van der Waals surface area contributed by atoms with Crippen molar-refractivity contribution in [2.75, 3.05) is 0 Å². The normalized spacial score (nSPS) is 11.6. The number of aromatic nitrogens is 1. The van der Waals surface area contributed by atoms with Crippen molar-refractivity contribution >= 4 is 23.2 Å². The maximum Gasteiger partial charge on any atom is 0.0809 e.